The molecule has 0 radical (unpaired) electrons. The molecule has 0 bridgehead atoms. The highest BCUT2D eigenvalue weighted by Crippen LogP contribution is 2.23. The van der Waals surface area contributed by atoms with E-state index in [1.54, 1.807) is 25.0 Å². The Morgan fingerprint density at radius 2 is 2.08 bits per heavy atom. The van der Waals surface area contributed by atoms with Crippen molar-refractivity contribution in [3.63, 3.8) is 0 Å². The minimum Gasteiger partial charge on any atom is -0.497 e. The van der Waals surface area contributed by atoms with E-state index in [2.05, 4.69) is 38.1 Å². The normalized spacial score (nSPS) is 10.8. The van der Waals surface area contributed by atoms with Crippen molar-refractivity contribution in [1.82, 2.24) is 19.6 Å². The van der Waals surface area contributed by atoms with E-state index in [4.69, 9.17) is 4.74 Å². The van der Waals surface area contributed by atoms with E-state index in [0.717, 1.165) is 32.0 Å². The van der Waals surface area contributed by atoms with Crippen LogP contribution in [0, 0.1) is 17.4 Å². The topological polar surface area (TPSA) is 74.0 Å². The number of halogens is 1. The summed E-state index contributed by atoms with van der Waals surface area (Å²) < 4.78 is 9.58. The zero-order valence-corrected chi connectivity index (χ0v) is 17.2. The molecule has 2 heterocycles. The summed E-state index contributed by atoms with van der Waals surface area (Å²) in [4.78, 5) is 12.6. The highest BCUT2D eigenvalue weighted by Gasteiger charge is 2.19. The number of carbonyl (C=O) groups is 1. The fourth-order valence-electron chi connectivity index (χ4n) is 2.76. The predicted octanol–water partition coefficient (Wildman–Crippen LogP) is 3.15. The Hall–Kier alpha value is -2.36. The molecule has 1 aromatic carbocycles. The molecule has 0 unspecified atom stereocenters. The van der Waals surface area contributed by atoms with Crippen molar-refractivity contribution < 1.29 is 9.53 Å². The van der Waals surface area contributed by atoms with Crippen molar-refractivity contribution in [3.8, 4) is 5.75 Å². The van der Waals surface area contributed by atoms with Crippen LogP contribution in [0.4, 0.5) is 5.69 Å². The molecular formula is C18H20IN5O2. The lowest BCUT2D eigenvalue weighted by atomic mass is 10.2. The van der Waals surface area contributed by atoms with E-state index >= 15 is 0 Å². The molecule has 0 aliphatic rings. The van der Waals surface area contributed by atoms with Gasteiger partial charge in [0.2, 0.25) is 0 Å². The van der Waals surface area contributed by atoms with Gasteiger partial charge in [-0.25, -0.2) is 0 Å². The van der Waals surface area contributed by atoms with Gasteiger partial charge in [-0.15, -0.1) is 0 Å². The summed E-state index contributed by atoms with van der Waals surface area (Å²) in [5.74, 6) is 0.574. The Labute approximate surface area is 165 Å². The Morgan fingerprint density at radius 3 is 2.73 bits per heavy atom. The van der Waals surface area contributed by atoms with Crippen LogP contribution < -0.4 is 10.1 Å². The third kappa shape index (κ3) is 3.74. The second-order valence-electron chi connectivity index (χ2n) is 6.01. The molecule has 3 rings (SSSR count). The summed E-state index contributed by atoms with van der Waals surface area (Å²) in [6.45, 7) is 4.42. The van der Waals surface area contributed by atoms with Crippen LogP contribution in [-0.4, -0.2) is 32.6 Å². The number of hydrogen-bond donors (Lipinski definition) is 1. The lowest BCUT2D eigenvalue weighted by Gasteiger charge is -2.08. The monoisotopic (exact) mass is 465 g/mol. The fourth-order valence-corrected chi connectivity index (χ4v) is 3.52. The first-order valence-electron chi connectivity index (χ1n) is 8.06. The number of nitrogens with one attached hydrogen (secondary N) is 1. The zero-order chi connectivity index (χ0) is 18.8. The van der Waals surface area contributed by atoms with Gasteiger partial charge in [-0.1, -0.05) is 12.1 Å². The number of ether oxygens (including phenoxy) is 1. The van der Waals surface area contributed by atoms with Gasteiger partial charge < -0.3 is 10.1 Å². The minimum atomic E-state index is -0.234. The summed E-state index contributed by atoms with van der Waals surface area (Å²) in [6.07, 6.45) is 1.81. The van der Waals surface area contributed by atoms with Gasteiger partial charge in [-0.3, -0.25) is 14.2 Å². The van der Waals surface area contributed by atoms with Crippen LogP contribution >= 0.6 is 22.6 Å². The van der Waals surface area contributed by atoms with Crippen molar-refractivity contribution >= 4 is 34.2 Å². The molecule has 0 saturated carbocycles. The number of nitrogens with zero attached hydrogens (tertiary/aromatic N) is 4. The van der Waals surface area contributed by atoms with E-state index in [0.29, 0.717) is 12.2 Å². The molecule has 7 nitrogen and oxygen atoms in total. The maximum Gasteiger partial charge on any atom is 0.277 e. The third-order valence-corrected chi connectivity index (χ3v) is 4.88. The molecule has 1 N–H and O–H groups in total. The molecule has 26 heavy (non-hydrogen) atoms. The van der Waals surface area contributed by atoms with Gasteiger partial charge in [-0.2, -0.15) is 10.2 Å². The largest absolute Gasteiger partial charge is 0.497 e. The van der Waals surface area contributed by atoms with Crippen molar-refractivity contribution in [1.29, 1.82) is 0 Å². The molecule has 2 aromatic heterocycles. The third-order valence-electron chi connectivity index (χ3n) is 4.09. The summed E-state index contributed by atoms with van der Waals surface area (Å²) in [6, 6.07) is 7.86. The number of amides is 1. The number of methoxy groups -OCH3 is 1. The fraction of sp³-hybridized carbons (Fsp3) is 0.278. The average molecular weight is 465 g/mol. The van der Waals surface area contributed by atoms with E-state index in [1.165, 1.54) is 0 Å². The maximum absolute atomic E-state index is 12.6. The van der Waals surface area contributed by atoms with Gasteiger partial charge in [0.15, 0.2) is 5.69 Å². The summed E-state index contributed by atoms with van der Waals surface area (Å²) >= 11 is 2.11. The number of rotatable bonds is 5. The van der Waals surface area contributed by atoms with Crippen LogP contribution in [0.2, 0.25) is 0 Å². The maximum atomic E-state index is 12.6. The summed E-state index contributed by atoms with van der Waals surface area (Å²) in [5, 5.41) is 11.7. The van der Waals surface area contributed by atoms with Crippen LogP contribution in [-0.2, 0) is 13.6 Å². The quantitative estimate of drug-likeness (QED) is 0.588. The van der Waals surface area contributed by atoms with Crippen LogP contribution in [0.25, 0.3) is 0 Å². The van der Waals surface area contributed by atoms with Gasteiger partial charge in [0.25, 0.3) is 5.91 Å². The molecular weight excluding hydrogens is 445 g/mol. The number of anilines is 1. The Morgan fingerprint density at radius 1 is 1.31 bits per heavy atom. The van der Waals surface area contributed by atoms with E-state index in [9.17, 15) is 4.79 Å². The number of aromatic nitrogens is 4. The number of aryl methyl sites for hydroxylation is 2. The van der Waals surface area contributed by atoms with Crippen LogP contribution in [0.1, 0.15) is 27.4 Å². The van der Waals surface area contributed by atoms with Crippen molar-refractivity contribution in [3.05, 3.63) is 56.7 Å². The molecule has 8 heteroatoms. The average Bonchev–Trinajstić information content (AvgIpc) is 3.08. The van der Waals surface area contributed by atoms with Crippen LogP contribution in [0.5, 0.6) is 5.75 Å². The minimum absolute atomic E-state index is 0.234. The molecule has 1 amide bonds. The number of carbonyl (C=O) groups excluding carboxylic acids is 1. The molecule has 0 aliphatic carbocycles. The van der Waals surface area contributed by atoms with Gasteiger partial charge in [0.1, 0.15) is 5.75 Å². The van der Waals surface area contributed by atoms with Gasteiger partial charge in [0, 0.05) is 13.2 Å². The predicted molar refractivity (Wildman–Crippen MR) is 108 cm³/mol. The van der Waals surface area contributed by atoms with Crippen LogP contribution in [0.3, 0.4) is 0 Å². The first-order chi connectivity index (χ1) is 12.4. The van der Waals surface area contributed by atoms with Gasteiger partial charge in [0.05, 0.1) is 34.3 Å². The lowest BCUT2D eigenvalue weighted by molar-refractivity contribution is 0.102. The van der Waals surface area contributed by atoms with E-state index in [1.807, 2.05) is 42.8 Å². The first kappa shape index (κ1) is 18.4. The molecule has 0 saturated heterocycles. The molecule has 0 spiro atoms. The smallest absolute Gasteiger partial charge is 0.277 e. The Balaban J connectivity index is 1.83. The highest BCUT2D eigenvalue weighted by atomic mass is 127. The van der Waals surface area contributed by atoms with Crippen molar-refractivity contribution in [2.75, 3.05) is 12.4 Å². The van der Waals surface area contributed by atoms with Crippen molar-refractivity contribution in [2.24, 2.45) is 7.05 Å². The SMILES string of the molecule is COc1cccc(Cn2nc(C)c(NC(=O)c3nn(C)cc3I)c2C)c1. The summed E-state index contributed by atoms with van der Waals surface area (Å²) in [5.41, 5.74) is 3.87. The zero-order valence-electron chi connectivity index (χ0n) is 15.1. The number of benzene rings is 1. The van der Waals surface area contributed by atoms with E-state index < -0.39 is 0 Å². The Bertz CT molecular complexity index is 961. The molecule has 0 fully saturated rings. The lowest BCUT2D eigenvalue weighted by Crippen LogP contribution is -2.15. The molecule has 136 valence electrons. The Kier molecular flexibility index (Phi) is 5.30. The van der Waals surface area contributed by atoms with E-state index in [-0.39, 0.29) is 5.91 Å². The van der Waals surface area contributed by atoms with Crippen LogP contribution in [0.15, 0.2) is 30.5 Å². The molecule has 0 aliphatic heterocycles. The highest BCUT2D eigenvalue weighted by molar-refractivity contribution is 14.1. The summed E-state index contributed by atoms with van der Waals surface area (Å²) in [7, 11) is 3.44. The second-order valence-corrected chi connectivity index (χ2v) is 7.17. The van der Waals surface area contributed by atoms with Crippen molar-refractivity contribution in [2.45, 2.75) is 20.4 Å². The molecule has 0 atom stereocenters. The van der Waals surface area contributed by atoms with Gasteiger partial charge >= 0.3 is 0 Å². The number of hydrogen-bond acceptors (Lipinski definition) is 4. The second kappa shape index (κ2) is 7.48. The van der Waals surface area contributed by atoms with Gasteiger partial charge in [-0.05, 0) is 54.1 Å². The molecule has 3 aromatic rings. The first-order valence-corrected chi connectivity index (χ1v) is 9.14. The standard InChI is InChI=1S/C18H20IN5O2/c1-11-16(20-18(25)17-15(19)10-23(3)22-17)12(2)24(21-11)9-13-6-5-7-14(8-13)26-4/h5-8,10H,9H2,1-4H3,(H,20,25).